The summed E-state index contributed by atoms with van der Waals surface area (Å²) in [6, 6.07) is 0.673. The molecule has 0 saturated carbocycles. The van der Waals surface area contributed by atoms with Crippen molar-refractivity contribution in [3.63, 3.8) is 0 Å². The molecule has 1 aliphatic heterocycles. The van der Waals surface area contributed by atoms with Crippen LogP contribution in [0.15, 0.2) is 0 Å². The van der Waals surface area contributed by atoms with Crippen LogP contribution < -0.4 is 5.73 Å². The number of nitrogens with zero attached hydrogens (tertiary/aromatic N) is 1. The van der Waals surface area contributed by atoms with Crippen molar-refractivity contribution < 1.29 is 4.79 Å². The molecule has 1 saturated heterocycles. The topological polar surface area (TPSA) is 46.3 Å². The summed E-state index contributed by atoms with van der Waals surface area (Å²) in [5, 5.41) is 0. The Morgan fingerprint density at radius 2 is 2.38 bits per heavy atom. The van der Waals surface area contributed by atoms with E-state index in [2.05, 4.69) is 11.8 Å². The van der Waals surface area contributed by atoms with Crippen LogP contribution >= 0.6 is 0 Å². The van der Waals surface area contributed by atoms with Crippen LogP contribution in [0.1, 0.15) is 33.1 Å². The highest BCUT2D eigenvalue weighted by Gasteiger charge is 2.21. The summed E-state index contributed by atoms with van der Waals surface area (Å²) in [5.74, 6) is 0.270. The van der Waals surface area contributed by atoms with E-state index in [1.54, 1.807) is 6.92 Å². The van der Waals surface area contributed by atoms with E-state index in [1.807, 2.05) is 0 Å². The largest absolute Gasteiger partial charge is 0.327 e. The Balaban J connectivity index is 2.36. The third-order valence-electron chi connectivity index (χ3n) is 2.70. The van der Waals surface area contributed by atoms with Gasteiger partial charge in [-0.05, 0) is 33.2 Å². The van der Waals surface area contributed by atoms with E-state index in [4.69, 9.17) is 5.73 Å². The number of ketones is 1. The van der Waals surface area contributed by atoms with Crippen molar-refractivity contribution in [1.29, 1.82) is 0 Å². The lowest BCUT2D eigenvalue weighted by molar-refractivity contribution is -0.118. The van der Waals surface area contributed by atoms with E-state index in [0.717, 1.165) is 19.5 Å². The highest BCUT2D eigenvalue weighted by atomic mass is 16.1. The summed E-state index contributed by atoms with van der Waals surface area (Å²) in [6.45, 7) is 5.82. The molecule has 0 aromatic carbocycles. The van der Waals surface area contributed by atoms with E-state index in [0.29, 0.717) is 18.5 Å². The highest BCUT2D eigenvalue weighted by molar-refractivity contribution is 5.76. The van der Waals surface area contributed by atoms with Crippen molar-refractivity contribution >= 4 is 5.78 Å². The number of hydrogen-bond acceptors (Lipinski definition) is 3. The van der Waals surface area contributed by atoms with Crippen molar-refractivity contribution in [2.75, 3.05) is 13.1 Å². The molecule has 76 valence electrons. The van der Waals surface area contributed by atoms with Gasteiger partial charge < -0.3 is 5.73 Å². The van der Waals surface area contributed by atoms with Crippen molar-refractivity contribution in [3.05, 3.63) is 0 Å². The molecule has 1 fully saturated rings. The van der Waals surface area contributed by atoms with Gasteiger partial charge in [0.15, 0.2) is 0 Å². The summed E-state index contributed by atoms with van der Waals surface area (Å²) in [7, 11) is 0. The molecule has 13 heavy (non-hydrogen) atoms. The van der Waals surface area contributed by atoms with E-state index in [-0.39, 0.29) is 5.78 Å². The second kappa shape index (κ2) is 4.72. The molecule has 1 heterocycles. The van der Waals surface area contributed by atoms with Crippen LogP contribution in [0.5, 0.6) is 0 Å². The number of likely N-dealkylation sites (tertiary alicyclic amines) is 1. The van der Waals surface area contributed by atoms with Crippen LogP contribution in [-0.4, -0.2) is 35.9 Å². The van der Waals surface area contributed by atoms with Crippen LogP contribution in [0.4, 0.5) is 0 Å². The fourth-order valence-corrected chi connectivity index (χ4v) is 1.99. The number of rotatable bonds is 3. The first-order valence-electron chi connectivity index (χ1n) is 5.08. The Kier molecular flexibility index (Phi) is 3.88. The van der Waals surface area contributed by atoms with Gasteiger partial charge in [0.25, 0.3) is 0 Å². The first kappa shape index (κ1) is 10.7. The number of hydrogen-bond donors (Lipinski definition) is 1. The zero-order chi connectivity index (χ0) is 9.84. The molecule has 0 radical (unpaired) electrons. The van der Waals surface area contributed by atoms with Gasteiger partial charge in [-0.25, -0.2) is 0 Å². The predicted octanol–water partition coefficient (Wildman–Crippen LogP) is 0.777. The van der Waals surface area contributed by atoms with E-state index in [9.17, 15) is 4.79 Å². The number of carbonyl (C=O) groups is 1. The number of piperidine rings is 1. The zero-order valence-electron chi connectivity index (χ0n) is 8.62. The molecule has 2 atom stereocenters. The van der Waals surface area contributed by atoms with Crippen molar-refractivity contribution in [2.24, 2.45) is 5.73 Å². The van der Waals surface area contributed by atoms with Gasteiger partial charge >= 0.3 is 0 Å². The van der Waals surface area contributed by atoms with Gasteiger partial charge in [-0.15, -0.1) is 0 Å². The monoisotopic (exact) mass is 184 g/mol. The highest BCUT2D eigenvalue weighted by Crippen LogP contribution is 2.13. The second-order valence-electron chi connectivity index (χ2n) is 4.15. The maximum atomic E-state index is 10.9. The van der Waals surface area contributed by atoms with Crippen LogP contribution in [0.2, 0.25) is 0 Å². The Bertz CT molecular complexity index is 182. The van der Waals surface area contributed by atoms with Crippen LogP contribution in [0, 0.1) is 0 Å². The minimum Gasteiger partial charge on any atom is -0.327 e. The summed E-state index contributed by atoms with van der Waals surface area (Å²) in [4.78, 5) is 13.2. The van der Waals surface area contributed by atoms with Gasteiger partial charge in [0.05, 0.1) is 0 Å². The number of nitrogens with two attached hydrogens (primary N) is 1. The lowest BCUT2D eigenvalue weighted by Gasteiger charge is -2.35. The quantitative estimate of drug-likeness (QED) is 0.705. The van der Waals surface area contributed by atoms with Crippen LogP contribution in [0.25, 0.3) is 0 Å². The predicted molar refractivity (Wildman–Crippen MR) is 53.5 cm³/mol. The van der Waals surface area contributed by atoms with Gasteiger partial charge in [0.2, 0.25) is 0 Å². The number of carbonyl (C=O) groups excluding carboxylic acids is 1. The molecular formula is C10H20N2O. The van der Waals surface area contributed by atoms with Crippen molar-refractivity contribution in [2.45, 2.75) is 45.2 Å². The Morgan fingerprint density at radius 3 is 2.92 bits per heavy atom. The number of Topliss-reactive ketones (excluding diaryl/α,β-unsaturated/α-hetero) is 1. The standard InChI is InChI=1S/C10H20N2O/c1-8(6-9(2)13)12-5-3-4-10(11)7-12/h8,10H,3-7,11H2,1-2H3. The molecular weight excluding hydrogens is 164 g/mol. The van der Waals surface area contributed by atoms with E-state index in [1.165, 1.54) is 6.42 Å². The second-order valence-corrected chi connectivity index (χ2v) is 4.15. The minimum absolute atomic E-state index is 0.270. The first-order chi connectivity index (χ1) is 6.09. The third kappa shape index (κ3) is 3.44. The average Bonchev–Trinajstić information content (AvgIpc) is 2.03. The molecule has 0 aromatic rings. The maximum absolute atomic E-state index is 10.9. The molecule has 1 aliphatic rings. The normalized spacial score (nSPS) is 27.2. The van der Waals surface area contributed by atoms with Crippen molar-refractivity contribution in [1.82, 2.24) is 4.90 Å². The minimum atomic E-state index is 0.270. The van der Waals surface area contributed by atoms with E-state index < -0.39 is 0 Å². The molecule has 0 amide bonds. The van der Waals surface area contributed by atoms with Gasteiger partial charge in [0, 0.05) is 25.0 Å². The summed E-state index contributed by atoms with van der Waals surface area (Å²) >= 11 is 0. The van der Waals surface area contributed by atoms with Crippen LogP contribution in [0.3, 0.4) is 0 Å². The van der Waals surface area contributed by atoms with E-state index >= 15 is 0 Å². The fourth-order valence-electron chi connectivity index (χ4n) is 1.99. The van der Waals surface area contributed by atoms with Gasteiger partial charge in [0.1, 0.15) is 5.78 Å². The Hall–Kier alpha value is -0.410. The summed E-state index contributed by atoms with van der Waals surface area (Å²) in [5.41, 5.74) is 5.87. The van der Waals surface area contributed by atoms with Crippen molar-refractivity contribution in [3.8, 4) is 0 Å². The fraction of sp³-hybridized carbons (Fsp3) is 0.900. The van der Waals surface area contributed by atoms with Crippen LogP contribution in [-0.2, 0) is 4.79 Å². The molecule has 0 aromatic heterocycles. The molecule has 2 N–H and O–H groups in total. The SMILES string of the molecule is CC(=O)CC(C)N1CCCC(N)C1. The Morgan fingerprint density at radius 1 is 1.69 bits per heavy atom. The summed E-state index contributed by atoms with van der Waals surface area (Å²) < 4.78 is 0. The average molecular weight is 184 g/mol. The molecule has 3 heteroatoms. The zero-order valence-corrected chi connectivity index (χ0v) is 8.62. The van der Waals surface area contributed by atoms with Gasteiger partial charge in [-0.3, -0.25) is 9.69 Å². The van der Waals surface area contributed by atoms with Gasteiger partial charge in [-0.2, -0.15) is 0 Å². The molecule has 0 bridgehead atoms. The molecule has 0 aliphatic carbocycles. The molecule has 3 nitrogen and oxygen atoms in total. The third-order valence-corrected chi connectivity index (χ3v) is 2.70. The lowest BCUT2D eigenvalue weighted by atomic mass is 10.0. The summed E-state index contributed by atoms with van der Waals surface area (Å²) in [6.07, 6.45) is 2.96. The molecule has 2 unspecified atom stereocenters. The Labute approximate surface area is 80.3 Å². The first-order valence-corrected chi connectivity index (χ1v) is 5.08. The van der Waals surface area contributed by atoms with Gasteiger partial charge in [-0.1, -0.05) is 0 Å². The maximum Gasteiger partial charge on any atom is 0.131 e. The molecule has 1 rings (SSSR count). The lowest BCUT2D eigenvalue weighted by Crippen LogP contribution is -2.47. The smallest absolute Gasteiger partial charge is 0.131 e. The molecule has 0 spiro atoms.